The minimum atomic E-state index is -0.283. The van der Waals surface area contributed by atoms with Gasteiger partial charge in [-0.3, -0.25) is 14.4 Å². The number of benzene rings is 1. The lowest BCUT2D eigenvalue weighted by Gasteiger charge is -2.34. The van der Waals surface area contributed by atoms with Crippen molar-refractivity contribution >= 4 is 17.7 Å². The van der Waals surface area contributed by atoms with E-state index in [1.54, 1.807) is 14.2 Å². The minimum Gasteiger partial charge on any atom is -0.497 e. The van der Waals surface area contributed by atoms with Gasteiger partial charge in [-0.1, -0.05) is 12.1 Å². The van der Waals surface area contributed by atoms with Crippen LogP contribution in [0.1, 0.15) is 24.8 Å². The van der Waals surface area contributed by atoms with E-state index in [1.807, 2.05) is 34.1 Å². The van der Waals surface area contributed by atoms with E-state index in [1.165, 1.54) is 0 Å². The maximum Gasteiger partial charge on any atom is 0.226 e. The van der Waals surface area contributed by atoms with Gasteiger partial charge in [-0.2, -0.15) is 0 Å². The molecule has 2 aliphatic heterocycles. The predicted molar refractivity (Wildman–Crippen MR) is 116 cm³/mol. The van der Waals surface area contributed by atoms with Gasteiger partial charge in [0.15, 0.2) is 0 Å². The molecule has 0 bridgehead atoms. The number of carbonyl (C=O) groups is 3. The topological polar surface area (TPSA) is 88.2 Å². The van der Waals surface area contributed by atoms with Crippen molar-refractivity contribution in [3.05, 3.63) is 29.8 Å². The zero-order valence-electron chi connectivity index (χ0n) is 18.5. The zero-order chi connectivity index (χ0) is 22.2. The van der Waals surface area contributed by atoms with Gasteiger partial charge in [-0.25, -0.2) is 0 Å². The number of carbonyl (C=O) groups excluding carboxylic acids is 3. The second-order valence-electron chi connectivity index (χ2n) is 8.34. The minimum absolute atomic E-state index is 0.0448. The number of nitrogens with one attached hydrogen (secondary N) is 1. The molecule has 0 aromatic heterocycles. The summed E-state index contributed by atoms with van der Waals surface area (Å²) >= 11 is 0. The molecule has 170 valence electrons. The van der Waals surface area contributed by atoms with Crippen molar-refractivity contribution in [3.8, 4) is 5.75 Å². The fraction of sp³-hybridized carbons (Fsp3) is 0.609. The summed E-state index contributed by atoms with van der Waals surface area (Å²) in [5.41, 5.74) is 0.948. The van der Waals surface area contributed by atoms with Crippen LogP contribution < -0.4 is 10.1 Å². The second-order valence-corrected chi connectivity index (χ2v) is 8.34. The van der Waals surface area contributed by atoms with Crippen molar-refractivity contribution in [2.75, 3.05) is 53.6 Å². The summed E-state index contributed by atoms with van der Waals surface area (Å²) in [4.78, 5) is 41.0. The fourth-order valence-electron chi connectivity index (χ4n) is 4.29. The number of ether oxygens (including phenoxy) is 2. The Morgan fingerprint density at radius 1 is 1.19 bits per heavy atom. The first-order valence-electron chi connectivity index (χ1n) is 10.9. The molecule has 0 spiro atoms. The van der Waals surface area contributed by atoms with Gasteiger partial charge in [0.05, 0.1) is 26.1 Å². The highest BCUT2D eigenvalue weighted by Gasteiger charge is 2.35. The van der Waals surface area contributed by atoms with E-state index < -0.39 is 0 Å². The average molecular weight is 432 g/mol. The van der Waals surface area contributed by atoms with Gasteiger partial charge in [0.1, 0.15) is 5.75 Å². The van der Waals surface area contributed by atoms with E-state index in [0.29, 0.717) is 51.7 Å². The molecular formula is C23H33N3O5. The van der Waals surface area contributed by atoms with Crippen LogP contribution in [0.5, 0.6) is 5.75 Å². The van der Waals surface area contributed by atoms with Gasteiger partial charge < -0.3 is 24.6 Å². The van der Waals surface area contributed by atoms with E-state index in [0.717, 1.165) is 24.2 Å². The van der Waals surface area contributed by atoms with Crippen molar-refractivity contribution in [1.82, 2.24) is 15.1 Å². The molecule has 2 fully saturated rings. The normalized spacial score (nSPS) is 19.5. The summed E-state index contributed by atoms with van der Waals surface area (Å²) < 4.78 is 10.2. The lowest BCUT2D eigenvalue weighted by atomic mass is 9.95. The molecule has 2 aliphatic rings. The first-order valence-corrected chi connectivity index (χ1v) is 10.9. The van der Waals surface area contributed by atoms with E-state index in [4.69, 9.17) is 9.47 Å². The van der Waals surface area contributed by atoms with Crippen molar-refractivity contribution in [2.45, 2.75) is 25.7 Å². The first-order chi connectivity index (χ1) is 15.0. The van der Waals surface area contributed by atoms with Crippen LogP contribution in [0.2, 0.25) is 0 Å². The van der Waals surface area contributed by atoms with Gasteiger partial charge in [0.25, 0.3) is 0 Å². The molecule has 8 heteroatoms. The van der Waals surface area contributed by atoms with Gasteiger partial charge in [0, 0.05) is 46.3 Å². The summed E-state index contributed by atoms with van der Waals surface area (Å²) in [6.07, 6.45) is 2.39. The summed E-state index contributed by atoms with van der Waals surface area (Å²) in [6, 6.07) is 7.60. The molecule has 0 radical (unpaired) electrons. The summed E-state index contributed by atoms with van der Waals surface area (Å²) in [5.74, 6) is 0.921. The van der Waals surface area contributed by atoms with Crippen LogP contribution in [0, 0.1) is 11.8 Å². The summed E-state index contributed by atoms with van der Waals surface area (Å²) in [7, 11) is 3.21. The molecule has 1 unspecified atom stereocenters. The maximum atomic E-state index is 12.7. The van der Waals surface area contributed by atoms with E-state index in [-0.39, 0.29) is 30.1 Å². The molecule has 0 saturated carbocycles. The lowest BCUT2D eigenvalue weighted by Crippen LogP contribution is -2.42. The van der Waals surface area contributed by atoms with E-state index in [9.17, 15) is 14.4 Å². The lowest BCUT2D eigenvalue weighted by molar-refractivity contribution is -0.133. The molecule has 1 N–H and O–H groups in total. The van der Waals surface area contributed by atoms with Gasteiger partial charge in [0.2, 0.25) is 17.7 Å². The van der Waals surface area contributed by atoms with E-state index in [2.05, 4.69) is 5.32 Å². The quantitative estimate of drug-likeness (QED) is 0.592. The third kappa shape index (κ3) is 6.43. The highest BCUT2D eigenvalue weighted by atomic mass is 16.5. The van der Waals surface area contributed by atoms with Crippen molar-refractivity contribution in [3.63, 3.8) is 0 Å². The zero-order valence-corrected chi connectivity index (χ0v) is 18.5. The molecule has 8 nitrogen and oxygen atoms in total. The first kappa shape index (κ1) is 23.1. The smallest absolute Gasteiger partial charge is 0.226 e. The molecule has 1 aromatic carbocycles. The molecule has 3 rings (SSSR count). The number of hydrogen-bond acceptors (Lipinski definition) is 5. The van der Waals surface area contributed by atoms with Crippen LogP contribution in [-0.4, -0.2) is 81.1 Å². The molecular weight excluding hydrogens is 398 g/mol. The predicted octanol–water partition coefficient (Wildman–Crippen LogP) is 1.09. The van der Waals surface area contributed by atoms with Crippen molar-refractivity contribution in [2.24, 2.45) is 11.8 Å². The second kappa shape index (κ2) is 11.1. The molecule has 0 aliphatic carbocycles. The molecule has 31 heavy (non-hydrogen) atoms. The molecule has 2 heterocycles. The number of nitrogens with zero attached hydrogens (tertiary/aromatic N) is 2. The molecule has 1 atom stereocenters. The van der Waals surface area contributed by atoms with Crippen LogP contribution in [-0.2, 0) is 25.5 Å². The van der Waals surface area contributed by atoms with E-state index >= 15 is 0 Å². The molecule has 3 amide bonds. The Kier molecular flexibility index (Phi) is 8.28. The Balaban J connectivity index is 1.42. The Morgan fingerprint density at radius 3 is 2.68 bits per heavy atom. The largest absolute Gasteiger partial charge is 0.497 e. The van der Waals surface area contributed by atoms with Crippen molar-refractivity contribution < 1.29 is 23.9 Å². The van der Waals surface area contributed by atoms with Gasteiger partial charge in [-0.05, 0) is 36.5 Å². The highest BCUT2D eigenvalue weighted by Crippen LogP contribution is 2.24. The van der Waals surface area contributed by atoms with Crippen LogP contribution in [0.3, 0.4) is 0 Å². The number of piperidine rings is 1. The average Bonchev–Trinajstić information content (AvgIpc) is 3.14. The van der Waals surface area contributed by atoms with Gasteiger partial charge >= 0.3 is 0 Å². The number of likely N-dealkylation sites (tertiary alicyclic amines) is 2. The Labute approximate surface area is 183 Å². The monoisotopic (exact) mass is 431 g/mol. The number of methoxy groups -OCH3 is 2. The van der Waals surface area contributed by atoms with Crippen LogP contribution >= 0.6 is 0 Å². The fourth-order valence-corrected chi connectivity index (χ4v) is 4.29. The Hall–Kier alpha value is -2.61. The molecule has 2 saturated heterocycles. The third-order valence-corrected chi connectivity index (χ3v) is 6.13. The van der Waals surface area contributed by atoms with Crippen LogP contribution in [0.4, 0.5) is 0 Å². The highest BCUT2D eigenvalue weighted by molar-refractivity contribution is 5.89. The summed E-state index contributed by atoms with van der Waals surface area (Å²) in [6.45, 7) is 3.48. The standard InChI is InChI=1S/C23H33N3O5/c1-30-11-8-24-23(29)19-14-22(28)26(16-19)15-17-6-9-25(10-7-17)21(27)13-18-4-3-5-20(12-18)31-2/h3-5,12,17,19H,6-11,13-16H2,1-2H3,(H,24,29). The van der Waals surface area contributed by atoms with Crippen LogP contribution in [0.15, 0.2) is 24.3 Å². The number of hydrogen-bond donors (Lipinski definition) is 1. The SMILES string of the molecule is COCCNC(=O)C1CC(=O)N(CC2CCN(C(=O)Cc3cccc(OC)c3)CC2)C1. The Morgan fingerprint density at radius 2 is 1.97 bits per heavy atom. The third-order valence-electron chi connectivity index (χ3n) is 6.13. The Bertz CT molecular complexity index is 776. The van der Waals surface area contributed by atoms with Crippen molar-refractivity contribution in [1.29, 1.82) is 0 Å². The van der Waals surface area contributed by atoms with Gasteiger partial charge in [-0.15, -0.1) is 0 Å². The maximum absolute atomic E-state index is 12.7. The summed E-state index contributed by atoms with van der Waals surface area (Å²) in [5, 5.41) is 2.82. The number of rotatable bonds is 9. The number of amides is 3. The molecule has 1 aromatic rings. The van der Waals surface area contributed by atoms with Crippen LogP contribution in [0.25, 0.3) is 0 Å².